The maximum atomic E-state index is 13.6. The Kier molecular flexibility index (Phi) is 8.45. The summed E-state index contributed by atoms with van der Waals surface area (Å²) in [4.78, 5) is 29.2. The second kappa shape index (κ2) is 12.0. The van der Waals surface area contributed by atoms with E-state index in [1.807, 2.05) is 25.3 Å². The molecule has 1 aliphatic heterocycles. The lowest BCUT2D eigenvalue weighted by atomic mass is 9.55. The summed E-state index contributed by atoms with van der Waals surface area (Å²) in [6, 6.07) is 10.7. The predicted molar refractivity (Wildman–Crippen MR) is 143 cm³/mol. The predicted octanol–water partition coefficient (Wildman–Crippen LogP) is 6.78. The van der Waals surface area contributed by atoms with Crippen LogP contribution in [0.5, 0.6) is 0 Å². The van der Waals surface area contributed by atoms with Crippen molar-refractivity contribution in [3.05, 3.63) is 54.1 Å². The normalized spacial score (nSPS) is 30.3. The van der Waals surface area contributed by atoms with Gasteiger partial charge in [-0.25, -0.2) is 4.39 Å². The Bertz CT molecular complexity index is 1120. The minimum Gasteiger partial charge on any atom is -0.466 e. The number of halogens is 1. The number of benzene rings is 1. The van der Waals surface area contributed by atoms with Crippen molar-refractivity contribution in [1.29, 1.82) is 0 Å². The van der Waals surface area contributed by atoms with Crippen LogP contribution < -0.4 is 0 Å². The summed E-state index contributed by atoms with van der Waals surface area (Å²) in [5.41, 5.74) is 2.78. The topological polar surface area (TPSA) is 65.5 Å². The highest BCUT2D eigenvalue weighted by Gasteiger charge is 2.54. The van der Waals surface area contributed by atoms with Crippen LogP contribution in [0.25, 0.3) is 11.1 Å². The van der Waals surface area contributed by atoms with E-state index >= 15 is 0 Å². The molecule has 1 aromatic heterocycles. The standard InChI is InChI=1S/C32H40FNO4/c1-3-37-30(35)9-4-6-21-10-14-27-24(16-21)18-29-31(20(2)38-32(29)36)28(27)15-13-26-12-11-23(19-34-26)22-7-5-8-25(33)17-22/h5,7-8,11-12,17,19-21,24,27-29,31H,3-4,6,9-10,13-16,18H2,1-2H3/t20-,21-,24+,27+,28-,29-,31+/m1/s1. The summed E-state index contributed by atoms with van der Waals surface area (Å²) in [6.07, 6.45) is 10.6. The zero-order valence-corrected chi connectivity index (χ0v) is 22.6. The molecule has 2 aliphatic carbocycles. The molecule has 1 saturated heterocycles. The summed E-state index contributed by atoms with van der Waals surface area (Å²) in [7, 11) is 0. The van der Waals surface area contributed by atoms with Crippen LogP contribution in [0, 0.1) is 41.3 Å². The van der Waals surface area contributed by atoms with Crippen molar-refractivity contribution < 1.29 is 23.5 Å². The highest BCUT2D eigenvalue weighted by atomic mass is 19.1. The van der Waals surface area contributed by atoms with Crippen LogP contribution in [0.2, 0.25) is 0 Å². The number of fused-ring (bicyclic) bond motifs is 2. The Morgan fingerprint density at radius 2 is 2.00 bits per heavy atom. The van der Waals surface area contributed by atoms with E-state index in [9.17, 15) is 14.0 Å². The van der Waals surface area contributed by atoms with E-state index in [0.717, 1.165) is 55.3 Å². The largest absolute Gasteiger partial charge is 0.466 e. The maximum Gasteiger partial charge on any atom is 0.309 e. The van der Waals surface area contributed by atoms with E-state index in [-0.39, 0.29) is 35.7 Å². The van der Waals surface area contributed by atoms with Crippen molar-refractivity contribution in [3.63, 3.8) is 0 Å². The molecule has 3 fully saturated rings. The summed E-state index contributed by atoms with van der Waals surface area (Å²) < 4.78 is 24.5. The van der Waals surface area contributed by atoms with E-state index in [4.69, 9.17) is 14.5 Å². The van der Waals surface area contributed by atoms with E-state index in [1.54, 1.807) is 6.07 Å². The summed E-state index contributed by atoms with van der Waals surface area (Å²) in [5.74, 6) is 2.18. The van der Waals surface area contributed by atoms with Crippen molar-refractivity contribution in [1.82, 2.24) is 4.98 Å². The second-order valence-corrected chi connectivity index (χ2v) is 11.6. The third kappa shape index (κ3) is 5.94. The molecule has 3 aliphatic rings. The second-order valence-electron chi connectivity index (χ2n) is 11.6. The highest BCUT2D eigenvalue weighted by molar-refractivity contribution is 5.75. The smallest absolute Gasteiger partial charge is 0.309 e. The SMILES string of the molecule is CCOC(=O)CCC[C@@H]1CC[C@H]2[C@@H](C1)C[C@H]1C(=O)O[C@H](C)[C@H]1[C@@H]2CCc1ccc(-c2cccc(F)c2)cn1. The Balaban J connectivity index is 1.23. The molecule has 0 radical (unpaired) electrons. The lowest BCUT2D eigenvalue weighted by Crippen LogP contribution is -2.45. The molecule has 0 bridgehead atoms. The van der Waals surface area contributed by atoms with Gasteiger partial charge in [-0.1, -0.05) is 24.6 Å². The van der Waals surface area contributed by atoms with Crippen molar-refractivity contribution >= 4 is 11.9 Å². The number of cyclic esters (lactones) is 1. The van der Waals surface area contributed by atoms with Crippen LogP contribution in [0.1, 0.15) is 70.9 Å². The summed E-state index contributed by atoms with van der Waals surface area (Å²) in [6.45, 7) is 4.36. The van der Waals surface area contributed by atoms with Gasteiger partial charge in [0, 0.05) is 29.8 Å². The highest BCUT2D eigenvalue weighted by Crippen LogP contribution is 2.55. The first-order chi connectivity index (χ1) is 18.4. The monoisotopic (exact) mass is 521 g/mol. The molecule has 0 unspecified atom stereocenters. The molecule has 6 heteroatoms. The number of carbonyl (C=O) groups is 2. The lowest BCUT2D eigenvalue weighted by Gasteiger charge is -2.48. The molecule has 2 saturated carbocycles. The first-order valence-corrected chi connectivity index (χ1v) is 14.5. The van der Waals surface area contributed by atoms with Gasteiger partial charge in [-0.2, -0.15) is 0 Å². The van der Waals surface area contributed by atoms with Gasteiger partial charge in [0.15, 0.2) is 0 Å². The van der Waals surface area contributed by atoms with Crippen LogP contribution in [-0.2, 0) is 25.5 Å². The molecule has 38 heavy (non-hydrogen) atoms. The fourth-order valence-corrected chi connectivity index (χ4v) is 7.73. The molecule has 1 aromatic carbocycles. The average molecular weight is 522 g/mol. The first kappa shape index (κ1) is 26.8. The van der Waals surface area contributed by atoms with E-state index in [2.05, 4.69) is 13.0 Å². The van der Waals surface area contributed by atoms with Crippen molar-refractivity contribution in [2.45, 2.75) is 77.7 Å². The lowest BCUT2D eigenvalue weighted by molar-refractivity contribution is -0.145. The molecule has 5 nitrogen and oxygen atoms in total. The third-order valence-electron chi connectivity index (χ3n) is 9.38. The van der Waals surface area contributed by atoms with Crippen LogP contribution in [-0.4, -0.2) is 29.6 Å². The number of hydrogen-bond acceptors (Lipinski definition) is 5. The third-order valence-corrected chi connectivity index (χ3v) is 9.38. The van der Waals surface area contributed by atoms with Gasteiger partial charge in [0.2, 0.25) is 0 Å². The van der Waals surface area contributed by atoms with Gasteiger partial charge in [0.25, 0.3) is 0 Å². The summed E-state index contributed by atoms with van der Waals surface area (Å²) in [5, 5.41) is 0. The maximum absolute atomic E-state index is 13.6. The minimum atomic E-state index is -0.246. The van der Waals surface area contributed by atoms with Gasteiger partial charge in [-0.05, 0) is 106 Å². The summed E-state index contributed by atoms with van der Waals surface area (Å²) >= 11 is 0. The number of nitrogens with zero attached hydrogens (tertiary/aromatic N) is 1. The molecular formula is C32H40FNO4. The number of aromatic nitrogens is 1. The van der Waals surface area contributed by atoms with Crippen LogP contribution in [0.4, 0.5) is 4.39 Å². The number of rotatable bonds is 9. The number of pyridine rings is 1. The average Bonchev–Trinajstić information content (AvgIpc) is 3.19. The fraction of sp³-hybridized carbons (Fsp3) is 0.594. The number of hydrogen-bond donors (Lipinski definition) is 0. The Hall–Kier alpha value is -2.76. The molecule has 0 amide bonds. The van der Waals surface area contributed by atoms with Gasteiger partial charge in [0.05, 0.1) is 12.5 Å². The van der Waals surface area contributed by atoms with E-state index in [1.165, 1.54) is 25.0 Å². The molecule has 0 N–H and O–H groups in total. The number of esters is 2. The van der Waals surface area contributed by atoms with Crippen molar-refractivity contribution in [2.75, 3.05) is 6.61 Å². The first-order valence-electron chi connectivity index (χ1n) is 14.5. The van der Waals surface area contributed by atoms with Crippen molar-refractivity contribution in [3.8, 4) is 11.1 Å². The van der Waals surface area contributed by atoms with Crippen LogP contribution >= 0.6 is 0 Å². The van der Waals surface area contributed by atoms with E-state index < -0.39 is 0 Å². The van der Waals surface area contributed by atoms with Crippen molar-refractivity contribution in [2.24, 2.45) is 35.5 Å². The van der Waals surface area contributed by atoms with E-state index in [0.29, 0.717) is 36.7 Å². The van der Waals surface area contributed by atoms with Crippen LogP contribution in [0.3, 0.4) is 0 Å². The Morgan fingerprint density at radius 1 is 1.13 bits per heavy atom. The molecular weight excluding hydrogens is 481 g/mol. The molecule has 0 spiro atoms. The zero-order chi connectivity index (χ0) is 26.6. The fourth-order valence-electron chi connectivity index (χ4n) is 7.73. The van der Waals surface area contributed by atoms with Gasteiger partial charge < -0.3 is 9.47 Å². The molecule has 2 heterocycles. The Morgan fingerprint density at radius 3 is 2.76 bits per heavy atom. The van der Waals surface area contributed by atoms with Gasteiger partial charge in [0.1, 0.15) is 11.9 Å². The number of carbonyl (C=O) groups excluding carboxylic acids is 2. The van der Waals surface area contributed by atoms with Crippen LogP contribution in [0.15, 0.2) is 42.6 Å². The van der Waals surface area contributed by atoms with Gasteiger partial charge >= 0.3 is 11.9 Å². The number of aryl methyl sites for hydroxylation is 1. The molecule has 204 valence electrons. The molecule has 7 atom stereocenters. The van der Waals surface area contributed by atoms with Gasteiger partial charge in [-0.3, -0.25) is 14.6 Å². The molecule has 5 rings (SSSR count). The number of ether oxygens (including phenoxy) is 2. The molecule has 2 aromatic rings. The van der Waals surface area contributed by atoms with Gasteiger partial charge in [-0.15, -0.1) is 0 Å². The Labute approximate surface area is 225 Å². The zero-order valence-electron chi connectivity index (χ0n) is 22.6. The minimum absolute atomic E-state index is 0.00652. The quantitative estimate of drug-likeness (QED) is 0.340.